The highest BCUT2D eigenvalue weighted by Crippen LogP contribution is 2.23. The molecule has 1 fully saturated rings. The molecule has 6 nitrogen and oxygen atoms in total. The van der Waals surface area contributed by atoms with Crippen LogP contribution in [0.5, 0.6) is 5.75 Å². The van der Waals surface area contributed by atoms with E-state index in [2.05, 4.69) is 28.5 Å². The highest BCUT2D eigenvalue weighted by Gasteiger charge is 2.21. The molecule has 2 N–H and O–H groups in total. The van der Waals surface area contributed by atoms with Gasteiger partial charge in [-0.3, -0.25) is 9.59 Å². The molecule has 1 atom stereocenters. The van der Waals surface area contributed by atoms with Crippen molar-refractivity contribution in [2.75, 3.05) is 30.4 Å². The third-order valence-corrected chi connectivity index (χ3v) is 5.86. The van der Waals surface area contributed by atoms with Crippen molar-refractivity contribution in [1.29, 1.82) is 0 Å². The maximum absolute atomic E-state index is 13.0. The van der Waals surface area contributed by atoms with E-state index >= 15 is 0 Å². The van der Waals surface area contributed by atoms with Gasteiger partial charge in [0.05, 0.1) is 7.11 Å². The molecule has 1 unspecified atom stereocenters. The van der Waals surface area contributed by atoms with Crippen LogP contribution in [0.1, 0.15) is 51.0 Å². The van der Waals surface area contributed by atoms with Crippen LogP contribution in [0.25, 0.3) is 0 Å². The Bertz CT molecular complexity index is 893. The number of carbonyl (C=O) groups excluding carboxylic acids is 2. The molecule has 0 bridgehead atoms. The van der Waals surface area contributed by atoms with Crippen molar-refractivity contribution in [1.82, 2.24) is 5.32 Å². The van der Waals surface area contributed by atoms with Crippen LogP contribution in [-0.2, 0) is 16.0 Å². The summed E-state index contributed by atoms with van der Waals surface area (Å²) in [5.41, 5.74) is 2.94. The Hall–Kier alpha value is -3.02. The number of amides is 2. The fraction of sp³-hybridized carbons (Fsp3) is 0.462. The lowest BCUT2D eigenvalue weighted by molar-refractivity contribution is -0.126. The molecule has 3 rings (SSSR count). The molecular weight excluding hydrogens is 402 g/mol. The molecule has 6 heteroatoms. The van der Waals surface area contributed by atoms with Crippen molar-refractivity contribution in [2.45, 2.75) is 57.9 Å². The van der Waals surface area contributed by atoms with Crippen molar-refractivity contribution in [2.24, 2.45) is 0 Å². The zero-order valence-electron chi connectivity index (χ0n) is 19.2. The zero-order chi connectivity index (χ0) is 22.8. The highest BCUT2D eigenvalue weighted by atomic mass is 16.5. The average Bonchev–Trinajstić information content (AvgIpc) is 3.36. The summed E-state index contributed by atoms with van der Waals surface area (Å²) >= 11 is 0. The molecule has 2 aromatic rings. The summed E-state index contributed by atoms with van der Waals surface area (Å²) in [4.78, 5) is 27.9. The number of benzene rings is 2. The molecular formula is C26H35N3O3. The quantitative estimate of drug-likeness (QED) is 0.541. The number of hydrogen-bond donors (Lipinski definition) is 2. The van der Waals surface area contributed by atoms with Crippen LogP contribution in [-0.4, -0.2) is 38.1 Å². The standard InChI is InChI=1S/C26H35N3O3/c1-3-4-13-24(28-25(30)15-14-20-9-7-12-23(18-20)32-2)26(31)27-21-10-8-11-22(19-21)29-16-5-6-17-29/h7-12,18-19,24H,3-6,13-17H2,1-2H3,(H,27,31)(H,28,30). The summed E-state index contributed by atoms with van der Waals surface area (Å²) in [5, 5.41) is 5.96. The van der Waals surface area contributed by atoms with Gasteiger partial charge in [-0.2, -0.15) is 0 Å². The van der Waals surface area contributed by atoms with E-state index in [-0.39, 0.29) is 11.8 Å². The zero-order valence-corrected chi connectivity index (χ0v) is 19.2. The summed E-state index contributed by atoms with van der Waals surface area (Å²) in [7, 11) is 1.63. The Kier molecular flexibility index (Phi) is 8.96. The van der Waals surface area contributed by atoms with Gasteiger partial charge in [-0.25, -0.2) is 0 Å². The molecule has 0 radical (unpaired) electrons. The lowest BCUT2D eigenvalue weighted by Crippen LogP contribution is -2.43. The Balaban J connectivity index is 1.57. The smallest absolute Gasteiger partial charge is 0.246 e. The van der Waals surface area contributed by atoms with Gasteiger partial charge in [0.1, 0.15) is 11.8 Å². The van der Waals surface area contributed by atoms with E-state index in [9.17, 15) is 9.59 Å². The minimum atomic E-state index is -0.539. The summed E-state index contributed by atoms with van der Waals surface area (Å²) < 4.78 is 5.24. The number of rotatable bonds is 11. The number of carbonyl (C=O) groups is 2. The number of nitrogens with zero attached hydrogens (tertiary/aromatic N) is 1. The monoisotopic (exact) mass is 437 g/mol. The number of methoxy groups -OCH3 is 1. The molecule has 1 aliphatic heterocycles. The molecule has 172 valence electrons. The molecule has 0 saturated carbocycles. The fourth-order valence-corrected chi connectivity index (χ4v) is 4.01. The number of ether oxygens (including phenoxy) is 1. The molecule has 0 spiro atoms. The lowest BCUT2D eigenvalue weighted by Gasteiger charge is -2.21. The van der Waals surface area contributed by atoms with Crippen LogP contribution in [0, 0.1) is 0 Å². The summed E-state index contributed by atoms with van der Waals surface area (Å²) in [6.07, 6.45) is 5.81. The molecule has 0 aliphatic carbocycles. The maximum Gasteiger partial charge on any atom is 0.246 e. The van der Waals surface area contributed by atoms with Gasteiger partial charge >= 0.3 is 0 Å². The molecule has 1 saturated heterocycles. The van der Waals surface area contributed by atoms with E-state index in [0.29, 0.717) is 19.3 Å². The molecule has 32 heavy (non-hydrogen) atoms. The number of aryl methyl sites for hydroxylation is 1. The normalized spacial score (nSPS) is 14.1. The Morgan fingerprint density at radius 2 is 1.88 bits per heavy atom. The van der Waals surface area contributed by atoms with Crippen LogP contribution < -0.4 is 20.3 Å². The van der Waals surface area contributed by atoms with Gasteiger partial charge in [0, 0.05) is 30.9 Å². The Labute approximate surface area is 191 Å². The van der Waals surface area contributed by atoms with E-state index in [1.54, 1.807) is 7.11 Å². The number of anilines is 2. The maximum atomic E-state index is 13.0. The van der Waals surface area contributed by atoms with Crippen molar-refractivity contribution in [3.8, 4) is 5.75 Å². The van der Waals surface area contributed by atoms with Crippen molar-refractivity contribution in [3.05, 3.63) is 54.1 Å². The average molecular weight is 438 g/mol. The third kappa shape index (κ3) is 7.01. The van der Waals surface area contributed by atoms with Gasteiger partial charge in [0.2, 0.25) is 11.8 Å². The highest BCUT2D eigenvalue weighted by molar-refractivity contribution is 5.97. The van der Waals surface area contributed by atoms with Crippen LogP contribution >= 0.6 is 0 Å². The topological polar surface area (TPSA) is 70.7 Å². The second kappa shape index (κ2) is 12.1. The molecule has 1 heterocycles. The van der Waals surface area contributed by atoms with Gasteiger partial charge in [-0.15, -0.1) is 0 Å². The first kappa shape index (κ1) is 23.6. The predicted molar refractivity (Wildman–Crippen MR) is 129 cm³/mol. The van der Waals surface area contributed by atoms with Gasteiger partial charge in [-0.05, 0) is 61.6 Å². The predicted octanol–water partition coefficient (Wildman–Crippen LogP) is 4.54. The number of nitrogens with one attached hydrogen (secondary N) is 2. The van der Waals surface area contributed by atoms with Crippen molar-refractivity contribution >= 4 is 23.2 Å². The van der Waals surface area contributed by atoms with Crippen LogP contribution in [0.2, 0.25) is 0 Å². The first-order valence-electron chi connectivity index (χ1n) is 11.7. The minimum Gasteiger partial charge on any atom is -0.497 e. The largest absolute Gasteiger partial charge is 0.497 e. The van der Waals surface area contributed by atoms with Gasteiger partial charge in [0.25, 0.3) is 0 Å². The number of unbranched alkanes of at least 4 members (excludes halogenated alkanes) is 1. The van der Waals surface area contributed by atoms with E-state index < -0.39 is 6.04 Å². The minimum absolute atomic E-state index is 0.116. The van der Waals surface area contributed by atoms with Crippen molar-refractivity contribution < 1.29 is 14.3 Å². The Morgan fingerprint density at radius 3 is 2.62 bits per heavy atom. The van der Waals surface area contributed by atoms with Gasteiger partial charge in [0.15, 0.2) is 0 Å². The molecule has 2 amide bonds. The van der Waals surface area contributed by atoms with Crippen LogP contribution in [0.3, 0.4) is 0 Å². The number of hydrogen-bond acceptors (Lipinski definition) is 4. The van der Waals surface area contributed by atoms with E-state index in [4.69, 9.17) is 4.74 Å². The Morgan fingerprint density at radius 1 is 1.09 bits per heavy atom. The van der Waals surface area contributed by atoms with Crippen LogP contribution in [0.15, 0.2) is 48.5 Å². The first-order chi connectivity index (χ1) is 15.6. The van der Waals surface area contributed by atoms with Crippen LogP contribution in [0.4, 0.5) is 11.4 Å². The molecule has 0 aromatic heterocycles. The second-order valence-electron chi connectivity index (χ2n) is 8.35. The summed E-state index contributed by atoms with van der Waals surface area (Å²) in [5.74, 6) is 0.501. The van der Waals surface area contributed by atoms with Crippen molar-refractivity contribution in [3.63, 3.8) is 0 Å². The van der Waals surface area contributed by atoms with E-state index in [1.165, 1.54) is 12.8 Å². The third-order valence-electron chi connectivity index (χ3n) is 5.86. The lowest BCUT2D eigenvalue weighted by atomic mass is 10.1. The van der Waals surface area contributed by atoms with E-state index in [0.717, 1.165) is 48.6 Å². The molecule has 2 aromatic carbocycles. The summed E-state index contributed by atoms with van der Waals surface area (Å²) in [6.45, 7) is 4.19. The van der Waals surface area contributed by atoms with Gasteiger partial charge in [-0.1, -0.05) is 38.0 Å². The molecule has 1 aliphatic rings. The second-order valence-corrected chi connectivity index (χ2v) is 8.35. The fourth-order valence-electron chi connectivity index (χ4n) is 4.01. The summed E-state index contributed by atoms with van der Waals surface area (Å²) in [6, 6.07) is 15.1. The van der Waals surface area contributed by atoms with Gasteiger partial charge < -0.3 is 20.3 Å². The SMILES string of the molecule is CCCCC(NC(=O)CCc1cccc(OC)c1)C(=O)Nc1cccc(N2CCCC2)c1. The first-order valence-corrected chi connectivity index (χ1v) is 11.7. The van der Waals surface area contributed by atoms with E-state index in [1.807, 2.05) is 42.5 Å².